The topological polar surface area (TPSA) is 72.7 Å². The molecule has 2 atom stereocenters. The maximum Gasteiger partial charge on any atom is 0.234 e. The Morgan fingerprint density at radius 2 is 1.83 bits per heavy atom. The van der Waals surface area contributed by atoms with Crippen LogP contribution in [0, 0.1) is 0 Å². The van der Waals surface area contributed by atoms with Crippen molar-refractivity contribution in [1.82, 2.24) is 10.6 Å². The predicted octanol–water partition coefficient (Wildman–Crippen LogP) is 3.85. The molecular formula is C23H26N2O4. The fraction of sp³-hybridized carbons (Fsp3) is 0.261. The summed E-state index contributed by atoms with van der Waals surface area (Å²) in [6, 6.07) is 18.7. The fourth-order valence-electron chi connectivity index (χ4n) is 3.23. The van der Waals surface area contributed by atoms with Crippen LogP contribution >= 0.6 is 0 Å². The zero-order chi connectivity index (χ0) is 20.6. The third kappa shape index (κ3) is 5.18. The van der Waals surface area contributed by atoms with Gasteiger partial charge in [0.2, 0.25) is 5.91 Å². The molecule has 3 rings (SSSR count). The molecule has 1 aromatic heterocycles. The lowest BCUT2D eigenvalue weighted by Crippen LogP contribution is -2.37. The molecule has 6 nitrogen and oxygen atoms in total. The molecule has 0 aliphatic carbocycles. The highest BCUT2D eigenvalue weighted by atomic mass is 16.5. The van der Waals surface area contributed by atoms with Crippen molar-refractivity contribution < 1.29 is 18.7 Å². The minimum absolute atomic E-state index is 0.130. The molecule has 0 spiro atoms. The van der Waals surface area contributed by atoms with E-state index in [1.54, 1.807) is 20.5 Å². The number of carbonyl (C=O) groups is 1. The van der Waals surface area contributed by atoms with Crippen LogP contribution < -0.4 is 20.1 Å². The molecule has 0 unspecified atom stereocenters. The Labute approximate surface area is 170 Å². The van der Waals surface area contributed by atoms with Crippen LogP contribution in [0.1, 0.15) is 35.9 Å². The van der Waals surface area contributed by atoms with Gasteiger partial charge in [-0.2, -0.15) is 0 Å². The molecule has 0 fully saturated rings. The molecule has 0 saturated carbocycles. The van der Waals surface area contributed by atoms with E-state index in [1.165, 1.54) is 0 Å². The summed E-state index contributed by atoms with van der Waals surface area (Å²) in [6.45, 7) is 2.05. The van der Waals surface area contributed by atoms with Crippen LogP contribution in [0.3, 0.4) is 0 Å². The predicted molar refractivity (Wildman–Crippen MR) is 111 cm³/mol. The molecule has 152 valence electrons. The van der Waals surface area contributed by atoms with Gasteiger partial charge < -0.3 is 19.2 Å². The number of methoxy groups -OCH3 is 2. The van der Waals surface area contributed by atoms with Crippen LogP contribution in [0.5, 0.6) is 11.5 Å². The van der Waals surface area contributed by atoms with Crippen molar-refractivity contribution in [3.05, 3.63) is 83.8 Å². The van der Waals surface area contributed by atoms with E-state index in [2.05, 4.69) is 10.6 Å². The lowest BCUT2D eigenvalue weighted by molar-refractivity contribution is -0.121. The summed E-state index contributed by atoms with van der Waals surface area (Å²) in [5, 5.41) is 6.29. The van der Waals surface area contributed by atoms with E-state index in [0.29, 0.717) is 11.5 Å². The first kappa shape index (κ1) is 20.5. The number of carbonyl (C=O) groups excluding carboxylic acids is 1. The van der Waals surface area contributed by atoms with Gasteiger partial charge in [0.1, 0.15) is 17.3 Å². The maximum atomic E-state index is 12.6. The third-order valence-corrected chi connectivity index (χ3v) is 4.71. The molecule has 6 heteroatoms. The molecule has 0 saturated heterocycles. The minimum Gasteiger partial charge on any atom is -0.497 e. The van der Waals surface area contributed by atoms with Crippen LogP contribution in [0.2, 0.25) is 0 Å². The molecule has 3 aromatic rings. The molecule has 2 aromatic carbocycles. The standard InChI is InChI=1S/C23H26N2O4/c1-16(19-14-18(27-2)11-12-20(19)28-3)25-22(26)15-24-23(21-10-7-13-29-21)17-8-5-4-6-9-17/h4-14,16,23-24H,15H2,1-3H3,(H,25,26)/t16-,23-/m0/s1. The Kier molecular flexibility index (Phi) is 6.92. The summed E-state index contributed by atoms with van der Waals surface area (Å²) in [5.41, 5.74) is 1.88. The molecule has 0 radical (unpaired) electrons. The van der Waals surface area contributed by atoms with Crippen LogP contribution in [-0.4, -0.2) is 26.7 Å². The van der Waals surface area contributed by atoms with Gasteiger partial charge in [-0.05, 0) is 42.8 Å². The highest BCUT2D eigenvalue weighted by Gasteiger charge is 2.19. The SMILES string of the molecule is COc1ccc(OC)c([C@H](C)NC(=O)CN[C@@H](c2ccccc2)c2ccco2)c1. The zero-order valence-electron chi connectivity index (χ0n) is 16.8. The van der Waals surface area contributed by atoms with E-state index in [9.17, 15) is 4.79 Å². The molecule has 1 amide bonds. The Morgan fingerprint density at radius 3 is 2.48 bits per heavy atom. The highest BCUT2D eigenvalue weighted by molar-refractivity contribution is 5.78. The van der Waals surface area contributed by atoms with Crippen molar-refractivity contribution in [2.45, 2.75) is 19.0 Å². The van der Waals surface area contributed by atoms with Gasteiger partial charge in [-0.15, -0.1) is 0 Å². The van der Waals surface area contributed by atoms with Crippen molar-refractivity contribution >= 4 is 5.91 Å². The second-order valence-electron chi connectivity index (χ2n) is 6.64. The summed E-state index contributed by atoms with van der Waals surface area (Å²) in [7, 11) is 3.21. The molecule has 0 bridgehead atoms. The van der Waals surface area contributed by atoms with Crippen molar-refractivity contribution in [3.8, 4) is 11.5 Å². The average Bonchev–Trinajstić information content (AvgIpc) is 3.28. The first-order valence-electron chi connectivity index (χ1n) is 9.45. The second-order valence-corrected chi connectivity index (χ2v) is 6.64. The van der Waals surface area contributed by atoms with Crippen molar-refractivity contribution in [2.24, 2.45) is 0 Å². The van der Waals surface area contributed by atoms with Gasteiger partial charge >= 0.3 is 0 Å². The van der Waals surface area contributed by atoms with Crippen LogP contribution in [0.15, 0.2) is 71.3 Å². The van der Waals surface area contributed by atoms with E-state index in [1.807, 2.05) is 67.6 Å². The number of nitrogens with one attached hydrogen (secondary N) is 2. The monoisotopic (exact) mass is 394 g/mol. The van der Waals surface area contributed by atoms with Crippen molar-refractivity contribution in [2.75, 3.05) is 20.8 Å². The van der Waals surface area contributed by atoms with Gasteiger partial charge in [-0.1, -0.05) is 30.3 Å². The molecule has 2 N–H and O–H groups in total. The number of hydrogen-bond donors (Lipinski definition) is 2. The van der Waals surface area contributed by atoms with Gasteiger partial charge in [0.25, 0.3) is 0 Å². The first-order valence-corrected chi connectivity index (χ1v) is 9.45. The largest absolute Gasteiger partial charge is 0.497 e. The van der Waals surface area contributed by atoms with E-state index in [-0.39, 0.29) is 24.5 Å². The Morgan fingerprint density at radius 1 is 1.03 bits per heavy atom. The molecule has 1 heterocycles. The van der Waals surface area contributed by atoms with E-state index < -0.39 is 0 Å². The zero-order valence-corrected chi connectivity index (χ0v) is 16.8. The molecule has 0 aliphatic rings. The van der Waals surface area contributed by atoms with Gasteiger partial charge in [0.15, 0.2) is 0 Å². The second kappa shape index (κ2) is 9.80. The first-order chi connectivity index (χ1) is 14.1. The van der Waals surface area contributed by atoms with Crippen LogP contribution in [0.4, 0.5) is 0 Å². The number of amides is 1. The smallest absolute Gasteiger partial charge is 0.234 e. The lowest BCUT2D eigenvalue weighted by atomic mass is 10.0. The summed E-state index contributed by atoms with van der Waals surface area (Å²) < 4.78 is 16.3. The average molecular weight is 394 g/mol. The Bertz CT molecular complexity index is 910. The molecule has 0 aliphatic heterocycles. The van der Waals surface area contributed by atoms with Gasteiger partial charge in [0.05, 0.1) is 39.1 Å². The van der Waals surface area contributed by atoms with Crippen molar-refractivity contribution in [3.63, 3.8) is 0 Å². The van der Waals surface area contributed by atoms with Crippen LogP contribution in [0.25, 0.3) is 0 Å². The maximum absolute atomic E-state index is 12.6. The minimum atomic E-state index is -0.242. The van der Waals surface area contributed by atoms with Gasteiger partial charge in [-0.25, -0.2) is 0 Å². The number of furan rings is 1. The third-order valence-electron chi connectivity index (χ3n) is 4.71. The van der Waals surface area contributed by atoms with Gasteiger partial charge in [0, 0.05) is 5.56 Å². The summed E-state index contributed by atoms with van der Waals surface area (Å²) in [6.07, 6.45) is 1.63. The quantitative estimate of drug-likeness (QED) is 0.577. The lowest BCUT2D eigenvalue weighted by Gasteiger charge is -2.20. The fourth-order valence-corrected chi connectivity index (χ4v) is 3.23. The molecular weight excluding hydrogens is 368 g/mol. The van der Waals surface area contributed by atoms with Gasteiger partial charge in [-0.3, -0.25) is 10.1 Å². The number of rotatable bonds is 9. The highest BCUT2D eigenvalue weighted by Crippen LogP contribution is 2.29. The normalized spacial score (nSPS) is 12.8. The number of ether oxygens (including phenoxy) is 2. The molecule has 29 heavy (non-hydrogen) atoms. The summed E-state index contributed by atoms with van der Waals surface area (Å²) in [5.74, 6) is 2.03. The number of hydrogen-bond acceptors (Lipinski definition) is 5. The Hall–Kier alpha value is -3.25. The Balaban J connectivity index is 1.67. The van der Waals surface area contributed by atoms with E-state index >= 15 is 0 Å². The summed E-state index contributed by atoms with van der Waals surface area (Å²) >= 11 is 0. The summed E-state index contributed by atoms with van der Waals surface area (Å²) in [4.78, 5) is 12.6. The van der Waals surface area contributed by atoms with Crippen LogP contribution in [-0.2, 0) is 4.79 Å². The van der Waals surface area contributed by atoms with E-state index in [0.717, 1.165) is 16.9 Å². The van der Waals surface area contributed by atoms with Crippen molar-refractivity contribution in [1.29, 1.82) is 0 Å². The van der Waals surface area contributed by atoms with E-state index in [4.69, 9.17) is 13.9 Å². The number of benzene rings is 2.